The van der Waals surface area contributed by atoms with Gasteiger partial charge < -0.3 is 14.6 Å². The Labute approximate surface area is 116 Å². The van der Waals surface area contributed by atoms with Gasteiger partial charge in [0.15, 0.2) is 0 Å². The summed E-state index contributed by atoms with van der Waals surface area (Å²) in [5.74, 6) is 0.424. The second-order valence-corrected chi connectivity index (χ2v) is 5.04. The Bertz CT molecular complexity index is 594. The van der Waals surface area contributed by atoms with Crippen molar-refractivity contribution in [2.45, 2.75) is 11.8 Å². The molecule has 1 aromatic heterocycles. The summed E-state index contributed by atoms with van der Waals surface area (Å²) in [6, 6.07) is 6.40. The van der Waals surface area contributed by atoms with Gasteiger partial charge in [0, 0.05) is 13.7 Å². The fourth-order valence-electron chi connectivity index (χ4n) is 2.58. The number of hydrogen-bond donors (Lipinski definition) is 1. The van der Waals surface area contributed by atoms with E-state index in [0.717, 1.165) is 19.5 Å². The standard InChI is InChI=1S/C14H16FN3O2/c1-19-9-14(6-7-16-8-14)13-17-12(18-20-13)10-4-2-3-5-11(10)15/h2-5,16H,6-9H2,1H3. The molecule has 0 amide bonds. The quantitative estimate of drug-likeness (QED) is 0.922. The van der Waals surface area contributed by atoms with E-state index in [1.807, 2.05) is 0 Å². The smallest absolute Gasteiger partial charge is 0.236 e. The second kappa shape index (κ2) is 5.30. The van der Waals surface area contributed by atoms with Gasteiger partial charge >= 0.3 is 0 Å². The van der Waals surface area contributed by atoms with Gasteiger partial charge in [-0.3, -0.25) is 0 Å². The highest BCUT2D eigenvalue weighted by Gasteiger charge is 2.41. The number of hydrogen-bond acceptors (Lipinski definition) is 5. The Morgan fingerprint density at radius 3 is 3.00 bits per heavy atom. The summed E-state index contributed by atoms with van der Waals surface area (Å²) in [4.78, 5) is 4.38. The van der Waals surface area contributed by atoms with Crippen molar-refractivity contribution >= 4 is 0 Å². The van der Waals surface area contributed by atoms with Crippen LogP contribution in [-0.4, -0.2) is 36.9 Å². The zero-order valence-corrected chi connectivity index (χ0v) is 11.2. The van der Waals surface area contributed by atoms with E-state index in [9.17, 15) is 4.39 Å². The predicted molar refractivity (Wildman–Crippen MR) is 70.7 cm³/mol. The van der Waals surface area contributed by atoms with Crippen LogP contribution in [0.1, 0.15) is 12.3 Å². The lowest BCUT2D eigenvalue weighted by Crippen LogP contribution is -2.34. The van der Waals surface area contributed by atoms with Crippen molar-refractivity contribution in [2.75, 3.05) is 26.8 Å². The average Bonchev–Trinajstić information content (AvgIpc) is 3.09. The summed E-state index contributed by atoms with van der Waals surface area (Å²) in [7, 11) is 1.65. The summed E-state index contributed by atoms with van der Waals surface area (Å²) in [6.45, 7) is 2.10. The lowest BCUT2D eigenvalue weighted by atomic mass is 9.88. The summed E-state index contributed by atoms with van der Waals surface area (Å²) in [5, 5.41) is 7.18. The molecule has 1 unspecified atom stereocenters. The zero-order valence-electron chi connectivity index (χ0n) is 11.2. The van der Waals surface area contributed by atoms with Gasteiger partial charge in [0.1, 0.15) is 5.82 Å². The number of rotatable bonds is 4. The topological polar surface area (TPSA) is 60.2 Å². The third-order valence-corrected chi connectivity index (χ3v) is 3.66. The lowest BCUT2D eigenvalue weighted by Gasteiger charge is -2.22. The van der Waals surface area contributed by atoms with Crippen molar-refractivity contribution < 1.29 is 13.7 Å². The molecule has 20 heavy (non-hydrogen) atoms. The van der Waals surface area contributed by atoms with Crippen LogP contribution in [0.25, 0.3) is 11.4 Å². The van der Waals surface area contributed by atoms with E-state index in [4.69, 9.17) is 9.26 Å². The molecule has 0 aliphatic carbocycles. The average molecular weight is 277 g/mol. The molecule has 1 saturated heterocycles. The highest BCUT2D eigenvalue weighted by atomic mass is 19.1. The van der Waals surface area contributed by atoms with Crippen LogP contribution in [0.2, 0.25) is 0 Å². The minimum Gasteiger partial charge on any atom is -0.384 e. The summed E-state index contributed by atoms with van der Waals surface area (Å²) < 4.78 is 24.4. The normalized spacial score (nSPS) is 22.3. The molecule has 1 atom stereocenters. The molecule has 1 N–H and O–H groups in total. The molecule has 0 bridgehead atoms. The van der Waals surface area contributed by atoms with Crippen LogP contribution in [0.15, 0.2) is 28.8 Å². The first-order valence-electron chi connectivity index (χ1n) is 6.54. The number of nitrogens with one attached hydrogen (secondary N) is 1. The van der Waals surface area contributed by atoms with Crippen LogP contribution in [0.4, 0.5) is 4.39 Å². The van der Waals surface area contributed by atoms with Crippen molar-refractivity contribution in [3.63, 3.8) is 0 Å². The van der Waals surface area contributed by atoms with E-state index >= 15 is 0 Å². The first-order chi connectivity index (χ1) is 9.75. The lowest BCUT2D eigenvalue weighted by molar-refractivity contribution is 0.117. The van der Waals surface area contributed by atoms with Gasteiger partial charge in [-0.15, -0.1) is 0 Å². The predicted octanol–water partition coefficient (Wildman–Crippen LogP) is 1.75. The maximum absolute atomic E-state index is 13.7. The molecule has 1 aromatic carbocycles. The SMILES string of the molecule is COCC1(c2nc(-c3ccccc3F)no2)CCNC1. The molecular weight excluding hydrogens is 261 g/mol. The Morgan fingerprint density at radius 2 is 2.30 bits per heavy atom. The highest BCUT2D eigenvalue weighted by molar-refractivity contribution is 5.55. The van der Waals surface area contributed by atoms with Crippen LogP contribution in [0.5, 0.6) is 0 Å². The molecule has 0 radical (unpaired) electrons. The first kappa shape index (κ1) is 13.2. The fraction of sp³-hybridized carbons (Fsp3) is 0.429. The Balaban J connectivity index is 1.95. The monoisotopic (exact) mass is 277 g/mol. The van der Waals surface area contributed by atoms with Crippen molar-refractivity contribution in [1.29, 1.82) is 0 Å². The molecule has 1 aliphatic rings. The van der Waals surface area contributed by atoms with Crippen LogP contribution in [0.3, 0.4) is 0 Å². The van der Waals surface area contributed by atoms with Gasteiger partial charge in [-0.05, 0) is 25.1 Å². The largest absolute Gasteiger partial charge is 0.384 e. The van der Waals surface area contributed by atoms with E-state index < -0.39 is 0 Å². The van der Waals surface area contributed by atoms with Crippen molar-refractivity contribution in [1.82, 2.24) is 15.5 Å². The molecule has 0 saturated carbocycles. The zero-order chi connectivity index (χ0) is 14.0. The Hall–Kier alpha value is -1.79. The Morgan fingerprint density at radius 1 is 1.45 bits per heavy atom. The Kier molecular flexibility index (Phi) is 3.50. The van der Waals surface area contributed by atoms with E-state index in [2.05, 4.69) is 15.5 Å². The molecule has 6 heteroatoms. The van der Waals surface area contributed by atoms with E-state index in [-0.39, 0.29) is 17.1 Å². The van der Waals surface area contributed by atoms with Gasteiger partial charge in [0.05, 0.1) is 17.6 Å². The third-order valence-electron chi connectivity index (χ3n) is 3.66. The van der Waals surface area contributed by atoms with E-state index in [1.165, 1.54) is 6.07 Å². The molecule has 5 nitrogen and oxygen atoms in total. The summed E-state index contributed by atoms with van der Waals surface area (Å²) >= 11 is 0. The van der Waals surface area contributed by atoms with Crippen LogP contribution < -0.4 is 5.32 Å². The highest BCUT2D eigenvalue weighted by Crippen LogP contribution is 2.31. The van der Waals surface area contributed by atoms with Crippen LogP contribution >= 0.6 is 0 Å². The van der Waals surface area contributed by atoms with Crippen molar-refractivity contribution in [3.05, 3.63) is 36.0 Å². The second-order valence-electron chi connectivity index (χ2n) is 5.04. The third kappa shape index (κ3) is 2.21. The number of ether oxygens (including phenoxy) is 1. The summed E-state index contributed by atoms with van der Waals surface area (Å²) in [5.41, 5.74) is 0.0339. The summed E-state index contributed by atoms with van der Waals surface area (Å²) in [6.07, 6.45) is 0.861. The van der Waals surface area contributed by atoms with E-state index in [1.54, 1.807) is 25.3 Å². The molecule has 1 aliphatic heterocycles. The number of halogens is 1. The number of benzene rings is 1. The molecule has 106 valence electrons. The fourth-order valence-corrected chi connectivity index (χ4v) is 2.58. The van der Waals surface area contributed by atoms with Gasteiger partial charge in [0.25, 0.3) is 0 Å². The number of aromatic nitrogens is 2. The van der Waals surface area contributed by atoms with Crippen LogP contribution in [-0.2, 0) is 10.2 Å². The minimum atomic E-state index is -0.356. The van der Waals surface area contributed by atoms with Crippen LogP contribution in [0, 0.1) is 5.82 Å². The minimum absolute atomic E-state index is 0.278. The number of methoxy groups -OCH3 is 1. The van der Waals surface area contributed by atoms with Gasteiger partial charge in [-0.25, -0.2) is 4.39 Å². The molecule has 2 aromatic rings. The molecular formula is C14H16FN3O2. The van der Waals surface area contributed by atoms with Gasteiger partial charge in [-0.2, -0.15) is 4.98 Å². The molecule has 3 rings (SSSR count). The van der Waals surface area contributed by atoms with Crippen molar-refractivity contribution in [2.24, 2.45) is 0 Å². The van der Waals surface area contributed by atoms with Gasteiger partial charge in [0.2, 0.25) is 11.7 Å². The number of nitrogens with zero attached hydrogens (tertiary/aromatic N) is 2. The maximum atomic E-state index is 13.7. The first-order valence-corrected chi connectivity index (χ1v) is 6.54. The van der Waals surface area contributed by atoms with Gasteiger partial charge in [-0.1, -0.05) is 17.3 Å². The van der Waals surface area contributed by atoms with Crippen molar-refractivity contribution in [3.8, 4) is 11.4 Å². The molecule has 1 fully saturated rings. The molecule has 0 spiro atoms. The maximum Gasteiger partial charge on any atom is 0.236 e. The van der Waals surface area contributed by atoms with E-state index in [0.29, 0.717) is 18.1 Å². The molecule has 2 heterocycles.